The number of nitrogens with one attached hydrogen (secondary N) is 2. The molecule has 0 saturated carbocycles. The molecule has 0 radical (unpaired) electrons. The van der Waals surface area contributed by atoms with Crippen molar-refractivity contribution in [3.8, 4) is 22.9 Å². The first-order chi connectivity index (χ1) is 14.1. The SMILES string of the molecule is Cc1cc(NC(=O)Nc2cccc(-c3nnc(-c4ccccc4)o3)c2)ccc1Br. The fraction of sp³-hybridized carbons (Fsp3) is 0.0455. The highest BCUT2D eigenvalue weighted by Gasteiger charge is 2.11. The van der Waals surface area contributed by atoms with E-state index in [4.69, 9.17) is 4.42 Å². The molecule has 0 aliphatic rings. The highest BCUT2D eigenvalue weighted by Crippen LogP contribution is 2.26. The topological polar surface area (TPSA) is 80.0 Å². The summed E-state index contributed by atoms with van der Waals surface area (Å²) in [7, 11) is 0. The van der Waals surface area contributed by atoms with E-state index in [0.717, 1.165) is 21.2 Å². The average molecular weight is 449 g/mol. The summed E-state index contributed by atoms with van der Waals surface area (Å²) in [5.74, 6) is 0.832. The maximum Gasteiger partial charge on any atom is 0.323 e. The molecule has 29 heavy (non-hydrogen) atoms. The zero-order valence-corrected chi connectivity index (χ0v) is 17.1. The van der Waals surface area contributed by atoms with Gasteiger partial charge in [-0.1, -0.05) is 40.2 Å². The van der Waals surface area contributed by atoms with E-state index >= 15 is 0 Å². The number of amides is 2. The molecule has 0 bridgehead atoms. The number of rotatable bonds is 4. The van der Waals surface area contributed by atoms with Crippen LogP contribution in [0, 0.1) is 6.92 Å². The van der Waals surface area contributed by atoms with E-state index in [1.54, 1.807) is 12.1 Å². The first-order valence-corrected chi connectivity index (χ1v) is 9.71. The second kappa shape index (κ2) is 8.28. The molecule has 1 heterocycles. The number of hydrogen-bond acceptors (Lipinski definition) is 4. The van der Waals surface area contributed by atoms with E-state index < -0.39 is 0 Å². The predicted molar refractivity (Wildman–Crippen MR) is 117 cm³/mol. The van der Waals surface area contributed by atoms with Gasteiger partial charge in [-0.15, -0.1) is 10.2 Å². The standard InChI is InChI=1S/C22H17BrN4O2/c1-14-12-18(10-11-19(14)23)25-22(28)24-17-9-5-8-16(13-17)21-27-26-20(29-21)15-6-3-2-4-7-15/h2-13H,1H3,(H2,24,25,28). The summed E-state index contributed by atoms with van der Waals surface area (Å²) in [6.07, 6.45) is 0. The van der Waals surface area contributed by atoms with E-state index in [-0.39, 0.29) is 6.03 Å². The fourth-order valence-electron chi connectivity index (χ4n) is 2.78. The van der Waals surface area contributed by atoms with Crippen molar-refractivity contribution in [1.29, 1.82) is 0 Å². The number of hydrogen-bond donors (Lipinski definition) is 2. The zero-order valence-electron chi connectivity index (χ0n) is 15.5. The molecule has 6 nitrogen and oxygen atoms in total. The lowest BCUT2D eigenvalue weighted by Gasteiger charge is -2.09. The first kappa shape index (κ1) is 18.9. The van der Waals surface area contributed by atoms with Gasteiger partial charge in [0.15, 0.2) is 0 Å². The summed E-state index contributed by atoms with van der Waals surface area (Å²) in [5.41, 5.74) is 3.94. The summed E-state index contributed by atoms with van der Waals surface area (Å²) in [4.78, 5) is 12.3. The fourth-order valence-corrected chi connectivity index (χ4v) is 3.03. The molecule has 1 aromatic heterocycles. The number of halogens is 1. The highest BCUT2D eigenvalue weighted by atomic mass is 79.9. The van der Waals surface area contributed by atoms with Crippen molar-refractivity contribution in [2.75, 3.05) is 10.6 Å². The summed E-state index contributed by atoms with van der Waals surface area (Å²) < 4.78 is 6.77. The summed E-state index contributed by atoms with van der Waals surface area (Å²) in [6, 6.07) is 22.1. The van der Waals surface area contributed by atoms with Gasteiger partial charge in [-0.05, 0) is 61.0 Å². The molecule has 0 unspecified atom stereocenters. The largest absolute Gasteiger partial charge is 0.416 e. The van der Waals surface area contributed by atoms with Crippen molar-refractivity contribution >= 4 is 33.3 Å². The zero-order chi connectivity index (χ0) is 20.2. The second-order valence-corrected chi connectivity index (χ2v) is 7.26. The third-order valence-electron chi connectivity index (χ3n) is 4.23. The van der Waals surface area contributed by atoms with Gasteiger partial charge in [-0.2, -0.15) is 0 Å². The summed E-state index contributed by atoms with van der Waals surface area (Å²) in [6.45, 7) is 1.96. The number of aromatic nitrogens is 2. The van der Waals surface area contributed by atoms with Crippen molar-refractivity contribution in [3.63, 3.8) is 0 Å². The normalized spacial score (nSPS) is 10.6. The van der Waals surface area contributed by atoms with Crippen molar-refractivity contribution in [2.45, 2.75) is 6.92 Å². The first-order valence-electron chi connectivity index (χ1n) is 8.92. The minimum absolute atomic E-state index is 0.334. The summed E-state index contributed by atoms with van der Waals surface area (Å²) >= 11 is 3.45. The van der Waals surface area contributed by atoms with Crippen molar-refractivity contribution in [2.24, 2.45) is 0 Å². The lowest BCUT2D eigenvalue weighted by Crippen LogP contribution is -2.19. The van der Waals surface area contributed by atoms with Crippen molar-refractivity contribution in [3.05, 3.63) is 82.8 Å². The van der Waals surface area contributed by atoms with Gasteiger partial charge in [0.05, 0.1) is 0 Å². The third kappa shape index (κ3) is 4.52. The Balaban J connectivity index is 1.48. The van der Waals surface area contributed by atoms with Crippen molar-refractivity contribution in [1.82, 2.24) is 10.2 Å². The Bertz CT molecular complexity index is 1160. The molecule has 0 atom stereocenters. The predicted octanol–water partition coefficient (Wildman–Crippen LogP) is 6.12. The minimum atomic E-state index is -0.334. The Kier molecular flexibility index (Phi) is 5.39. The van der Waals surface area contributed by atoms with Crippen LogP contribution in [-0.2, 0) is 0 Å². The molecule has 0 saturated heterocycles. The van der Waals surface area contributed by atoms with Gasteiger partial charge in [-0.3, -0.25) is 0 Å². The molecule has 4 rings (SSSR count). The van der Waals surface area contributed by atoms with E-state index in [1.807, 2.05) is 67.6 Å². The van der Waals surface area contributed by atoms with Crippen LogP contribution < -0.4 is 10.6 Å². The number of urea groups is 1. The minimum Gasteiger partial charge on any atom is -0.416 e. The molecule has 3 aromatic carbocycles. The lowest BCUT2D eigenvalue weighted by atomic mass is 10.2. The molecular formula is C22H17BrN4O2. The molecule has 0 aliphatic carbocycles. The lowest BCUT2D eigenvalue weighted by molar-refractivity contribution is 0.262. The average Bonchev–Trinajstić information content (AvgIpc) is 3.22. The molecular weight excluding hydrogens is 432 g/mol. The molecule has 144 valence electrons. The van der Waals surface area contributed by atoms with Crippen LogP contribution in [0.15, 0.2) is 81.7 Å². The number of carbonyl (C=O) groups is 1. The van der Waals surface area contributed by atoms with Gasteiger partial charge in [-0.25, -0.2) is 4.79 Å². The van der Waals surface area contributed by atoms with Gasteiger partial charge in [0, 0.05) is 27.0 Å². The van der Waals surface area contributed by atoms with Gasteiger partial charge in [0.1, 0.15) is 0 Å². The maximum absolute atomic E-state index is 12.3. The van der Waals surface area contributed by atoms with Crippen LogP contribution in [0.3, 0.4) is 0 Å². The Labute approximate surface area is 176 Å². The number of nitrogens with zero attached hydrogens (tertiary/aromatic N) is 2. The smallest absolute Gasteiger partial charge is 0.323 e. The Morgan fingerprint density at radius 1 is 0.828 bits per heavy atom. The number of carbonyl (C=O) groups excluding carboxylic acids is 1. The third-order valence-corrected chi connectivity index (χ3v) is 5.12. The molecule has 2 N–H and O–H groups in total. The summed E-state index contributed by atoms with van der Waals surface area (Å²) in [5, 5.41) is 13.9. The van der Waals surface area contributed by atoms with Crippen LogP contribution in [0.2, 0.25) is 0 Å². The van der Waals surface area contributed by atoms with Gasteiger partial charge in [0.25, 0.3) is 0 Å². The van der Waals surface area contributed by atoms with Gasteiger partial charge >= 0.3 is 6.03 Å². The van der Waals surface area contributed by atoms with Crippen LogP contribution in [0.4, 0.5) is 16.2 Å². The Hall–Kier alpha value is -3.45. The highest BCUT2D eigenvalue weighted by molar-refractivity contribution is 9.10. The van der Waals surface area contributed by atoms with Crippen LogP contribution in [-0.4, -0.2) is 16.2 Å². The molecule has 4 aromatic rings. The molecule has 7 heteroatoms. The van der Waals surface area contributed by atoms with E-state index in [1.165, 1.54) is 0 Å². The number of aryl methyl sites for hydroxylation is 1. The van der Waals surface area contributed by atoms with Crippen molar-refractivity contribution < 1.29 is 9.21 Å². The van der Waals surface area contributed by atoms with Crippen LogP contribution in [0.5, 0.6) is 0 Å². The van der Waals surface area contributed by atoms with E-state index in [2.05, 4.69) is 36.8 Å². The molecule has 0 fully saturated rings. The quantitative estimate of drug-likeness (QED) is 0.394. The van der Waals surface area contributed by atoms with E-state index in [9.17, 15) is 4.79 Å². The van der Waals surface area contributed by atoms with Crippen LogP contribution >= 0.6 is 15.9 Å². The Morgan fingerprint density at radius 2 is 1.48 bits per heavy atom. The van der Waals surface area contributed by atoms with Gasteiger partial charge in [0.2, 0.25) is 11.8 Å². The Morgan fingerprint density at radius 3 is 2.21 bits per heavy atom. The van der Waals surface area contributed by atoms with Crippen LogP contribution in [0.1, 0.15) is 5.56 Å². The number of anilines is 2. The molecule has 0 aliphatic heterocycles. The molecule has 0 spiro atoms. The van der Waals surface area contributed by atoms with Gasteiger partial charge < -0.3 is 15.1 Å². The van der Waals surface area contributed by atoms with E-state index in [0.29, 0.717) is 23.2 Å². The second-order valence-electron chi connectivity index (χ2n) is 6.40. The monoisotopic (exact) mass is 448 g/mol. The maximum atomic E-state index is 12.3. The number of benzene rings is 3. The van der Waals surface area contributed by atoms with Crippen LogP contribution in [0.25, 0.3) is 22.9 Å². The molecule has 2 amide bonds.